The van der Waals surface area contributed by atoms with Crippen molar-refractivity contribution in [3.05, 3.63) is 23.1 Å². The van der Waals surface area contributed by atoms with Crippen molar-refractivity contribution < 1.29 is 4.79 Å². The molecule has 0 saturated heterocycles. The molecule has 1 aliphatic carbocycles. The molecule has 0 unspecified atom stereocenters. The molecule has 5 heteroatoms. The van der Waals surface area contributed by atoms with Crippen LogP contribution in [0.5, 0.6) is 0 Å². The fourth-order valence-corrected chi connectivity index (χ4v) is 4.28. The van der Waals surface area contributed by atoms with Crippen molar-refractivity contribution in [3.63, 3.8) is 0 Å². The number of aromatic nitrogens is 3. The molecule has 0 spiro atoms. The number of pyridine rings is 1. The van der Waals surface area contributed by atoms with Gasteiger partial charge in [-0.2, -0.15) is 0 Å². The van der Waals surface area contributed by atoms with Crippen molar-refractivity contribution >= 4 is 17.1 Å². The summed E-state index contributed by atoms with van der Waals surface area (Å²) in [5.74, 6) is 1.12. The number of hydrogen-bond acceptors (Lipinski definition) is 3. The van der Waals surface area contributed by atoms with Crippen molar-refractivity contribution in [2.75, 3.05) is 0 Å². The highest BCUT2D eigenvalue weighted by atomic mass is 16.1. The first-order chi connectivity index (χ1) is 12.2. The molecule has 0 atom stereocenters. The minimum absolute atomic E-state index is 0.0238. The lowest BCUT2D eigenvalue weighted by molar-refractivity contribution is 0.0934. The second-order valence-electron chi connectivity index (χ2n) is 7.64. The Labute approximate surface area is 149 Å². The SMILES string of the molecule is Cc1cc(C(=O)NC2CCCCCC2)c2nc3n(c2n1)CCCCC3. The Bertz CT molecular complexity index is 772. The smallest absolute Gasteiger partial charge is 0.253 e. The zero-order valence-corrected chi connectivity index (χ0v) is 15.2. The van der Waals surface area contributed by atoms with Gasteiger partial charge in [0.25, 0.3) is 5.91 Å². The number of carbonyl (C=O) groups excluding carboxylic acids is 1. The van der Waals surface area contributed by atoms with Gasteiger partial charge < -0.3 is 9.88 Å². The number of rotatable bonds is 2. The molecule has 2 aliphatic rings. The maximum atomic E-state index is 13.0. The highest BCUT2D eigenvalue weighted by Crippen LogP contribution is 2.24. The topological polar surface area (TPSA) is 59.8 Å². The minimum Gasteiger partial charge on any atom is -0.349 e. The van der Waals surface area contributed by atoms with Gasteiger partial charge in [0, 0.05) is 24.7 Å². The van der Waals surface area contributed by atoms with Crippen molar-refractivity contribution in [1.29, 1.82) is 0 Å². The Balaban J connectivity index is 1.67. The van der Waals surface area contributed by atoms with E-state index in [0.717, 1.165) is 54.9 Å². The number of fused-ring (bicyclic) bond motifs is 3. The van der Waals surface area contributed by atoms with Crippen molar-refractivity contribution in [2.24, 2.45) is 0 Å². The molecule has 25 heavy (non-hydrogen) atoms. The molecular weight excluding hydrogens is 312 g/mol. The molecule has 2 aromatic heterocycles. The fourth-order valence-electron chi connectivity index (χ4n) is 4.28. The van der Waals surface area contributed by atoms with Crippen molar-refractivity contribution in [2.45, 2.75) is 83.7 Å². The number of hydrogen-bond donors (Lipinski definition) is 1. The predicted molar refractivity (Wildman–Crippen MR) is 98.8 cm³/mol. The molecule has 4 rings (SSSR count). The van der Waals surface area contributed by atoms with E-state index in [2.05, 4.69) is 9.88 Å². The van der Waals surface area contributed by atoms with Crippen molar-refractivity contribution in [3.8, 4) is 0 Å². The number of amides is 1. The van der Waals surface area contributed by atoms with Crippen LogP contribution < -0.4 is 5.32 Å². The van der Waals surface area contributed by atoms with E-state index >= 15 is 0 Å². The van der Waals surface area contributed by atoms with Gasteiger partial charge in [0.05, 0.1) is 5.56 Å². The number of nitrogens with one attached hydrogen (secondary N) is 1. The lowest BCUT2D eigenvalue weighted by Crippen LogP contribution is -2.34. The number of aryl methyl sites for hydroxylation is 3. The van der Waals surface area contributed by atoms with Gasteiger partial charge in [-0.3, -0.25) is 4.79 Å². The van der Waals surface area contributed by atoms with E-state index in [0.29, 0.717) is 11.6 Å². The Hall–Kier alpha value is -1.91. The van der Waals surface area contributed by atoms with E-state index in [4.69, 9.17) is 9.97 Å². The van der Waals surface area contributed by atoms with Crippen LogP contribution in [-0.2, 0) is 13.0 Å². The van der Waals surface area contributed by atoms with Gasteiger partial charge in [-0.15, -0.1) is 0 Å². The maximum absolute atomic E-state index is 13.0. The standard InChI is InChI=1S/C20H28N4O/c1-14-13-16(20(25)22-15-9-5-2-3-6-10-15)18-19(21-14)24-12-8-4-7-11-17(24)23-18/h13,15H,2-12H2,1H3,(H,22,25). The van der Waals surface area contributed by atoms with Crippen LogP contribution in [0.1, 0.15) is 79.7 Å². The number of carbonyl (C=O) groups is 1. The van der Waals surface area contributed by atoms with Crippen LogP contribution in [0.4, 0.5) is 0 Å². The zero-order valence-electron chi connectivity index (χ0n) is 15.2. The third-order valence-corrected chi connectivity index (χ3v) is 5.63. The predicted octanol–water partition coefficient (Wildman–Crippen LogP) is 3.92. The normalized spacial score (nSPS) is 19.2. The highest BCUT2D eigenvalue weighted by molar-refractivity contribution is 6.04. The molecule has 1 saturated carbocycles. The Morgan fingerprint density at radius 2 is 1.84 bits per heavy atom. The van der Waals surface area contributed by atoms with E-state index in [1.165, 1.54) is 38.5 Å². The Kier molecular flexibility index (Phi) is 4.73. The third-order valence-electron chi connectivity index (χ3n) is 5.63. The van der Waals surface area contributed by atoms with E-state index in [-0.39, 0.29) is 5.91 Å². The molecule has 3 heterocycles. The van der Waals surface area contributed by atoms with Gasteiger partial charge >= 0.3 is 0 Å². The molecule has 134 valence electrons. The van der Waals surface area contributed by atoms with Crippen molar-refractivity contribution in [1.82, 2.24) is 19.9 Å². The van der Waals surface area contributed by atoms with Gasteiger partial charge in [0.15, 0.2) is 5.65 Å². The van der Waals surface area contributed by atoms with Gasteiger partial charge in [-0.25, -0.2) is 9.97 Å². The van der Waals surface area contributed by atoms with Crippen LogP contribution in [0.2, 0.25) is 0 Å². The van der Waals surface area contributed by atoms with Crippen LogP contribution >= 0.6 is 0 Å². The summed E-state index contributed by atoms with van der Waals surface area (Å²) in [5.41, 5.74) is 3.27. The highest BCUT2D eigenvalue weighted by Gasteiger charge is 2.22. The summed E-state index contributed by atoms with van der Waals surface area (Å²) in [5, 5.41) is 3.27. The summed E-state index contributed by atoms with van der Waals surface area (Å²) in [6.07, 6.45) is 11.8. The number of imidazole rings is 1. The Morgan fingerprint density at radius 3 is 2.64 bits per heavy atom. The first-order valence-electron chi connectivity index (χ1n) is 9.90. The second-order valence-corrected chi connectivity index (χ2v) is 7.64. The van der Waals surface area contributed by atoms with Gasteiger partial charge in [-0.05, 0) is 38.7 Å². The lowest BCUT2D eigenvalue weighted by atomic mass is 10.1. The molecule has 0 radical (unpaired) electrons. The van der Waals surface area contributed by atoms with Gasteiger partial charge in [-0.1, -0.05) is 32.1 Å². The summed E-state index contributed by atoms with van der Waals surface area (Å²) in [7, 11) is 0. The summed E-state index contributed by atoms with van der Waals surface area (Å²) in [6.45, 7) is 2.94. The summed E-state index contributed by atoms with van der Waals surface area (Å²) < 4.78 is 2.23. The molecule has 2 aromatic rings. The lowest BCUT2D eigenvalue weighted by Gasteiger charge is -2.16. The van der Waals surface area contributed by atoms with Crippen LogP contribution in [0, 0.1) is 6.92 Å². The molecule has 5 nitrogen and oxygen atoms in total. The van der Waals surface area contributed by atoms with E-state index in [9.17, 15) is 4.79 Å². The molecule has 1 N–H and O–H groups in total. The largest absolute Gasteiger partial charge is 0.349 e. The summed E-state index contributed by atoms with van der Waals surface area (Å²) in [6, 6.07) is 2.21. The molecule has 1 aliphatic heterocycles. The quantitative estimate of drug-likeness (QED) is 0.843. The first kappa shape index (κ1) is 16.6. The zero-order chi connectivity index (χ0) is 17.2. The fraction of sp³-hybridized carbons (Fsp3) is 0.650. The molecule has 1 amide bonds. The second kappa shape index (κ2) is 7.14. The van der Waals surface area contributed by atoms with E-state index in [1.54, 1.807) is 0 Å². The van der Waals surface area contributed by atoms with Gasteiger partial charge in [0.2, 0.25) is 0 Å². The van der Waals surface area contributed by atoms with E-state index < -0.39 is 0 Å². The van der Waals surface area contributed by atoms with Crippen LogP contribution in [0.3, 0.4) is 0 Å². The molecule has 1 fully saturated rings. The van der Waals surface area contributed by atoms with E-state index in [1.807, 2.05) is 13.0 Å². The minimum atomic E-state index is 0.0238. The average molecular weight is 340 g/mol. The summed E-state index contributed by atoms with van der Waals surface area (Å²) in [4.78, 5) is 22.5. The third kappa shape index (κ3) is 3.42. The first-order valence-corrected chi connectivity index (χ1v) is 9.90. The molecule has 0 bridgehead atoms. The monoisotopic (exact) mass is 340 g/mol. The average Bonchev–Trinajstić information content (AvgIpc) is 2.82. The van der Waals surface area contributed by atoms with Crippen LogP contribution in [-0.4, -0.2) is 26.5 Å². The maximum Gasteiger partial charge on any atom is 0.253 e. The van der Waals surface area contributed by atoms with Crippen LogP contribution in [0.15, 0.2) is 6.07 Å². The number of nitrogens with zero attached hydrogens (tertiary/aromatic N) is 3. The molecular formula is C20H28N4O. The Morgan fingerprint density at radius 1 is 1.08 bits per heavy atom. The summed E-state index contributed by atoms with van der Waals surface area (Å²) >= 11 is 0. The van der Waals surface area contributed by atoms with Gasteiger partial charge in [0.1, 0.15) is 11.3 Å². The van der Waals surface area contributed by atoms with Crippen LogP contribution in [0.25, 0.3) is 11.2 Å². The molecule has 0 aromatic carbocycles.